The van der Waals surface area contributed by atoms with E-state index in [2.05, 4.69) is 11.8 Å². The number of aliphatic hydroxyl groups excluding tert-OH is 1. The van der Waals surface area contributed by atoms with Crippen molar-refractivity contribution in [1.29, 1.82) is 0 Å². The van der Waals surface area contributed by atoms with Gasteiger partial charge in [-0.1, -0.05) is 31.3 Å². The zero-order chi connectivity index (χ0) is 15.2. The molecule has 1 fully saturated rings. The Labute approximate surface area is 131 Å². The Morgan fingerprint density at radius 3 is 2.76 bits per heavy atom. The number of nitrogens with zero attached hydrogens (tertiary/aromatic N) is 1. The highest BCUT2D eigenvalue weighted by molar-refractivity contribution is 7.80. The van der Waals surface area contributed by atoms with Gasteiger partial charge < -0.3 is 15.6 Å². The molecule has 1 aromatic carbocycles. The molecule has 21 heavy (non-hydrogen) atoms. The normalized spacial score (nSPS) is 23.0. The maximum absolute atomic E-state index is 9.86. The molecule has 0 spiro atoms. The first-order valence-corrected chi connectivity index (χ1v) is 7.86. The lowest BCUT2D eigenvalue weighted by molar-refractivity contribution is 0.0244. The molecule has 0 amide bonds. The van der Waals surface area contributed by atoms with Gasteiger partial charge in [-0.3, -0.25) is 4.90 Å². The van der Waals surface area contributed by atoms with E-state index >= 15 is 0 Å². The molecule has 1 aliphatic heterocycles. The first-order valence-electron chi connectivity index (χ1n) is 7.45. The van der Waals surface area contributed by atoms with Gasteiger partial charge in [0.25, 0.3) is 0 Å². The van der Waals surface area contributed by atoms with Gasteiger partial charge in [-0.05, 0) is 36.6 Å². The molecule has 1 aliphatic rings. The van der Waals surface area contributed by atoms with Crippen LogP contribution >= 0.6 is 12.2 Å². The Morgan fingerprint density at radius 2 is 2.14 bits per heavy atom. The highest BCUT2D eigenvalue weighted by Crippen LogP contribution is 2.17. The number of hydrogen-bond acceptors (Lipinski definition) is 4. The number of β-amino-alcohol motifs (C(OH)–C–C–N with tert-alkyl or cyclic N) is 1. The number of hydrogen-bond donors (Lipinski definition) is 2. The van der Waals surface area contributed by atoms with Crippen LogP contribution in [0.15, 0.2) is 24.3 Å². The van der Waals surface area contributed by atoms with Crippen LogP contribution < -0.4 is 10.5 Å². The van der Waals surface area contributed by atoms with E-state index in [1.165, 1.54) is 0 Å². The fourth-order valence-electron chi connectivity index (χ4n) is 2.51. The third-order valence-corrected chi connectivity index (χ3v) is 4.13. The third kappa shape index (κ3) is 5.26. The van der Waals surface area contributed by atoms with Crippen LogP contribution in [0.25, 0.3) is 0 Å². The van der Waals surface area contributed by atoms with E-state index in [1.807, 2.05) is 24.3 Å². The van der Waals surface area contributed by atoms with E-state index in [0.29, 0.717) is 23.9 Å². The van der Waals surface area contributed by atoms with E-state index < -0.39 is 0 Å². The second-order valence-electron chi connectivity index (χ2n) is 5.77. The standard InChI is InChI=1S/C16H24N2O2S/c1-12-6-7-18(11-15(12)19)8-9-20-14-4-2-13(3-5-14)10-16(17)21/h2-5,12,15,19H,6-11H2,1H3,(H2,17,21). The molecule has 0 aromatic heterocycles. The Kier molecular flexibility index (Phi) is 5.96. The van der Waals surface area contributed by atoms with Crippen LogP contribution in [-0.2, 0) is 6.42 Å². The van der Waals surface area contributed by atoms with Crippen molar-refractivity contribution in [3.63, 3.8) is 0 Å². The van der Waals surface area contributed by atoms with Gasteiger partial charge >= 0.3 is 0 Å². The van der Waals surface area contributed by atoms with E-state index in [9.17, 15) is 5.11 Å². The molecule has 0 saturated carbocycles. The maximum atomic E-state index is 9.86. The number of nitrogens with two attached hydrogens (primary N) is 1. The van der Waals surface area contributed by atoms with Crippen LogP contribution in [-0.4, -0.2) is 47.3 Å². The highest BCUT2D eigenvalue weighted by atomic mass is 32.1. The summed E-state index contributed by atoms with van der Waals surface area (Å²) in [6, 6.07) is 7.86. The maximum Gasteiger partial charge on any atom is 0.119 e. The van der Waals surface area contributed by atoms with Crippen LogP contribution in [0.3, 0.4) is 0 Å². The van der Waals surface area contributed by atoms with Gasteiger partial charge in [0.05, 0.1) is 11.1 Å². The molecule has 5 heteroatoms. The first kappa shape index (κ1) is 16.2. The minimum Gasteiger partial charge on any atom is -0.492 e. The summed E-state index contributed by atoms with van der Waals surface area (Å²) in [6.07, 6.45) is 1.46. The molecule has 116 valence electrons. The summed E-state index contributed by atoms with van der Waals surface area (Å²) in [5.74, 6) is 1.26. The van der Waals surface area contributed by atoms with Gasteiger partial charge in [0.2, 0.25) is 0 Å². The van der Waals surface area contributed by atoms with Crippen molar-refractivity contribution in [2.45, 2.75) is 25.9 Å². The molecule has 3 N–H and O–H groups in total. The minimum atomic E-state index is -0.210. The largest absolute Gasteiger partial charge is 0.492 e. The molecule has 0 aliphatic carbocycles. The lowest BCUT2D eigenvalue weighted by Crippen LogP contribution is -2.44. The summed E-state index contributed by atoms with van der Waals surface area (Å²) in [5, 5.41) is 9.86. The Morgan fingerprint density at radius 1 is 1.43 bits per heavy atom. The molecular weight excluding hydrogens is 284 g/mol. The number of ether oxygens (including phenoxy) is 1. The summed E-state index contributed by atoms with van der Waals surface area (Å²) in [6.45, 7) is 5.37. The smallest absolute Gasteiger partial charge is 0.119 e. The van der Waals surface area contributed by atoms with E-state index in [-0.39, 0.29) is 6.10 Å². The van der Waals surface area contributed by atoms with Gasteiger partial charge in [-0.15, -0.1) is 0 Å². The lowest BCUT2D eigenvalue weighted by atomic mass is 9.96. The zero-order valence-electron chi connectivity index (χ0n) is 12.5. The van der Waals surface area contributed by atoms with E-state index in [4.69, 9.17) is 22.7 Å². The summed E-state index contributed by atoms with van der Waals surface area (Å²) < 4.78 is 5.74. The molecule has 0 radical (unpaired) electrons. The molecule has 1 aromatic rings. The second-order valence-corrected chi connectivity index (χ2v) is 6.29. The van der Waals surface area contributed by atoms with Crippen molar-refractivity contribution in [2.75, 3.05) is 26.2 Å². The number of piperidine rings is 1. The summed E-state index contributed by atoms with van der Waals surface area (Å²) >= 11 is 4.89. The van der Waals surface area contributed by atoms with Crippen molar-refractivity contribution in [3.8, 4) is 5.75 Å². The predicted molar refractivity (Wildman–Crippen MR) is 88.7 cm³/mol. The van der Waals surface area contributed by atoms with Crippen LogP contribution in [0.5, 0.6) is 5.75 Å². The van der Waals surface area contributed by atoms with Gasteiger partial charge in [0.15, 0.2) is 0 Å². The average Bonchev–Trinajstić information content (AvgIpc) is 2.44. The minimum absolute atomic E-state index is 0.210. The van der Waals surface area contributed by atoms with Gasteiger partial charge in [-0.2, -0.15) is 0 Å². The summed E-state index contributed by atoms with van der Waals surface area (Å²) in [4.78, 5) is 2.76. The van der Waals surface area contributed by atoms with Crippen molar-refractivity contribution in [3.05, 3.63) is 29.8 Å². The fraction of sp³-hybridized carbons (Fsp3) is 0.562. The Hall–Kier alpha value is -1.17. The zero-order valence-corrected chi connectivity index (χ0v) is 13.3. The van der Waals surface area contributed by atoms with Crippen LogP contribution in [0.2, 0.25) is 0 Å². The molecular formula is C16H24N2O2S. The monoisotopic (exact) mass is 308 g/mol. The first-order chi connectivity index (χ1) is 10.0. The highest BCUT2D eigenvalue weighted by Gasteiger charge is 2.23. The second kappa shape index (κ2) is 7.73. The molecule has 4 nitrogen and oxygen atoms in total. The Balaban J connectivity index is 1.72. The average molecular weight is 308 g/mol. The van der Waals surface area contributed by atoms with Crippen molar-refractivity contribution >= 4 is 17.2 Å². The lowest BCUT2D eigenvalue weighted by Gasteiger charge is -2.34. The molecule has 2 atom stereocenters. The topological polar surface area (TPSA) is 58.7 Å². The van der Waals surface area contributed by atoms with Gasteiger partial charge in [0, 0.05) is 19.5 Å². The number of likely N-dealkylation sites (tertiary alicyclic amines) is 1. The van der Waals surface area contributed by atoms with Crippen LogP contribution in [0.4, 0.5) is 0 Å². The van der Waals surface area contributed by atoms with Crippen molar-refractivity contribution in [2.24, 2.45) is 11.7 Å². The summed E-state index contributed by atoms with van der Waals surface area (Å²) in [7, 11) is 0. The fourth-order valence-corrected chi connectivity index (χ4v) is 2.68. The quantitative estimate of drug-likeness (QED) is 0.782. The number of benzene rings is 1. The molecule has 1 heterocycles. The number of thiocarbonyl (C=S) groups is 1. The van der Waals surface area contributed by atoms with Crippen LogP contribution in [0, 0.1) is 5.92 Å². The van der Waals surface area contributed by atoms with Crippen LogP contribution in [0.1, 0.15) is 18.9 Å². The van der Waals surface area contributed by atoms with Gasteiger partial charge in [0.1, 0.15) is 12.4 Å². The molecule has 0 bridgehead atoms. The van der Waals surface area contributed by atoms with E-state index in [1.54, 1.807) is 0 Å². The third-order valence-electron chi connectivity index (χ3n) is 3.98. The summed E-state index contributed by atoms with van der Waals surface area (Å²) in [5.41, 5.74) is 6.62. The van der Waals surface area contributed by atoms with E-state index in [0.717, 1.165) is 37.4 Å². The predicted octanol–water partition coefficient (Wildman–Crippen LogP) is 1.60. The molecule has 2 unspecified atom stereocenters. The van der Waals surface area contributed by atoms with Crippen molar-refractivity contribution < 1.29 is 9.84 Å². The molecule has 1 saturated heterocycles. The number of rotatable bonds is 6. The van der Waals surface area contributed by atoms with Gasteiger partial charge in [-0.25, -0.2) is 0 Å². The van der Waals surface area contributed by atoms with Crippen molar-refractivity contribution in [1.82, 2.24) is 4.90 Å². The number of aliphatic hydroxyl groups is 1. The SMILES string of the molecule is CC1CCN(CCOc2ccc(CC(N)=S)cc2)CC1O. The Bertz CT molecular complexity index is 464. The molecule has 2 rings (SSSR count).